The lowest BCUT2D eigenvalue weighted by molar-refractivity contribution is 0.0590. The van der Waals surface area contributed by atoms with Crippen LogP contribution in [0, 0.1) is 5.82 Å². The van der Waals surface area contributed by atoms with Crippen LogP contribution in [0.25, 0.3) is 0 Å². The van der Waals surface area contributed by atoms with Gasteiger partial charge in [0.05, 0.1) is 6.04 Å². The molecule has 1 fully saturated rings. The van der Waals surface area contributed by atoms with Crippen LogP contribution in [0.3, 0.4) is 0 Å². The van der Waals surface area contributed by atoms with E-state index in [0.29, 0.717) is 29.7 Å². The Morgan fingerprint density at radius 2 is 2.15 bits per heavy atom. The van der Waals surface area contributed by atoms with Gasteiger partial charge in [0.1, 0.15) is 17.3 Å². The maximum atomic E-state index is 12.9. The molecule has 0 radical (unpaired) electrons. The number of H-pyrrole nitrogens is 1. The molecule has 1 amide bonds. The van der Waals surface area contributed by atoms with Crippen molar-refractivity contribution in [1.29, 1.82) is 0 Å². The number of aromatic amines is 1. The van der Waals surface area contributed by atoms with Crippen LogP contribution >= 0.6 is 0 Å². The van der Waals surface area contributed by atoms with Crippen molar-refractivity contribution in [3.63, 3.8) is 0 Å². The molecule has 140 valence electrons. The zero-order valence-corrected chi connectivity index (χ0v) is 14.5. The molecule has 4 rings (SSSR count). The Balaban J connectivity index is 1.45. The van der Waals surface area contributed by atoms with Crippen LogP contribution in [-0.4, -0.2) is 37.7 Å². The molecule has 1 unspecified atom stereocenters. The summed E-state index contributed by atoms with van der Waals surface area (Å²) in [6.07, 6.45) is 4.21. The van der Waals surface area contributed by atoms with Gasteiger partial charge in [-0.15, -0.1) is 0 Å². The van der Waals surface area contributed by atoms with Gasteiger partial charge >= 0.3 is 0 Å². The molecule has 0 bridgehead atoms. The van der Waals surface area contributed by atoms with Crippen LogP contribution in [0.5, 0.6) is 5.75 Å². The number of carbonyl (C=O) groups is 1. The number of hydrogen-bond acceptors (Lipinski definition) is 6. The van der Waals surface area contributed by atoms with Crippen LogP contribution in [-0.2, 0) is 6.61 Å². The minimum absolute atomic E-state index is 0.0693. The minimum atomic E-state index is -0.332. The smallest absolute Gasteiger partial charge is 0.272 e. The highest BCUT2D eigenvalue weighted by Gasteiger charge is 2.32. The van der Waals surface area contributed by atoms with Crippen molar-refractivity contribution in [2.24, 2.45) is 0 Å². The molecule has 0 aliphatic carbocycles. The number of nitrogens with zero attached hydrogens (tertiary/aromatic N) is 4. The van der Waals surface area contributed by atoms with Crippen LogP contribution in [0.2, 0.25) is 0 Å². The molecule has 8 nitrogen and oxygen atoms in total. The van der Waals surface area contributed by atoms with Gasteiger partial charge in [0, 0.05) is 12.7 Å². The number of likely N-dealkylation sites (tertiary alicyclic amines) is 1. The Morgan fingerprint density at radius 1 is 1.30 bits per heavy atom. The number of carbonyl (C=O) groups excluding carboxylic acids is 1. The fourth-order valence-electron chi connectivity index (χ4n) is 3.11. The molecule has 1 N–H and O–H groups in total. The first-order valence-corrected chi connectivity index (χ1v) is 8.72. The number of rotatable bonds is 5. The highest BCUT2D eigenvalue weighted by Crippen LogP contribution is 2.30. The van der Waals surface area contributed by atoms with E-state index in [1.54, 1.807) is 17.2 Å². The first-order chi connectivity index (χ1) is 13.2. The summed E-state index contributed by atoms with van der Waals surface area (Å²) < 4.78 is 23.7. The maximum Gasteiger partial charge on any atom is 0.272 e. The third-order valence-electron chi connectivity index (χ3n) is 4.45. The van der Waals surface area contributed by atoms with Crippen molar-refractivity contribution in [3.8, 4) is 5.75 Å². The second-order valence-electron chi connectivity index (χ2n) is 6.27. The SMILES string of the molecule is O=C(c1ccn[nH]1)N1CCCCC1c1noc(COc2ccc(F)cc2)n1. The Morgan fingerprint density at radius 3 is 2.93 bits per heavy atom. The molecule has 0 saturated carbocycles. The highest BCUT2D eigenvalue weighted by atomic mass is 19.1. The standard InChI is InChI=1S/C18H18FN5O3/c19-12-4-6-13(7-5-12)26-11-16-21-17(23-27-16)15-3-1-2-10-24(15)18(25)14-8-9-20-22-14/h4-9,15H,1-3,10-11H2,(H,20,22). The summed E-state index contributed by atoms with van der Waals surface area (Å²) in [5.41, 5.74) is 0.435. The first-order valence-electron chi connectivity index (χ1n) is 8.72. The minimum Gasteiger partial charge on any atom is -0.484 e. The van der Waals surface area contributed by atoms with E-state index in [0.717, 1.165) is 19.3 Å². The number of halogens is 1. The topological polar surface area (TPSA) is 97.1 Å². The lowest BCUT2D eigenvalue weighted by Gasteiger charge is -2.33. The van der Waals surface area contributed by atoms with Gasteiger partial charge in [0.2, 0.25) is 0 Å². The van der Waals surface area contributed by atoms with Gasteiger partial charge in [-0.2, -0.15) is 10.1 Å². The van der Waals surface area contributed by atoms with Gasteiger partial charge in [-0.3, -0.25) is 9.89 Å². The zero-order valence-electron chi connectivity index (χ0n) is 14.5. The molecule has 0 spiro atoms. The van der Waals surface area contributed by atoms with Crippen LogP contribution in [0.1, 0.15) is 47.5 Å². The first kappa shape index (κ1) is 17.2. The second kappa shape index (κ2) is 7.56. The van der Waals surface area contributed by atoms with Crippen molar-refractivity contribution in [2.45, 2.75) is 31.9 Å². The lowest BCUT2D eigenvalue weighted by atomic mass is 10.0. The Hall–Kier alpha value is -3.23. The van der Waals surface area contributed by atoms with Crippen molar-refractivity contribution >= 4 is 5.91 Å². The summed E-state index contributed by atoms with van der Waals surface area (Å²) in [4.78, 5) is 18.8. The second-order valence-corrected chi connectivity index (χ2v) is 6.27. The molecule has 1 aliphatic heterocycles. The van der Waals surface area contributed by atoms with Crippen molar-refractivity contribution in [3.05, 3.63) is 59.8 Å². The zero-order chi connectivity index (χ0) is 18.6. The average Bonchev–Trinajstić information content (AvgIpc) is 3.39. The fourth-order valence-corrected chi connectivity index (χ4v) is 3.11. The van der Waals surface area contributed by atoms with Crippen LogP contribution in [0.15, 0.2) is 41.1 Å². The molecule has 1 saturated heterocycles. The highest BCUT2D eigenvalue weighted by molar-refractivity contribution is 5.92. The van der Waals surface area contributed by atoms with Gasteiger partial charge in [0.25, 0.3) is 11.8 Å². The Kier molecular flexibility index (Phi) is 4.82. The number of benzene rings is 1. The summed E-state index contributed by atoms with van der Waals surface area (Å²) in [5.74, 6) is 0.798. The number of nitrogens with one attached hydrogen (secondary N) is 1. The number of piperidine rings is 1. The van der Waals surface area contributed by atoms with Crippen molar-refractivity contribution in [2.75, 3.05) is 6.54 Å². The Labute approximate surface area is 154 Å². The largest absolute Gasteiger partial charge is 0.484 e. The van der Waals surface area contributed by atoms with E-state index in [2.05, 4.69) is 20.3 Å². The summed E-state index contributed by atoms with van der Waals surface area (Å²) >= 11 is 0. The average molecular weight is 371 g/mol. The molecule has 9 heteroatoms. The number of ether oxygens (including phenoxy) is 1. The predicted molar refractivity (Wildman–Crippen MR) is 91.2 cm³/mol. The number of aromatic nitrogens is 4. The van der Waals surface area contributed by atoms with E-state index < -0.39 is 0 Å². The molecule has 2 aromatic heterocycles. The molecule has 3 aromatic rings. The lowest BCUT2D eigenvalue weighted by Crippen LogP contribution is -2.39. The van der Waals surface area contributed by atoms with E-state index >= 15 is 0 Å². The summed E-state index contributed by atoms with van der Waals surface area (Å²) in [6, 6.07) is 7.08. The van der Waals surface area contributed by atoms with E-state index in [1.807, 2.05) is 0 Å². The number of hydrogen-bond donors (Lipinski definition) is 1. The van der Waals surface area contributed by atoms with Gasteiger partial charge in [-0.05, 0) is 49.6 Å². The van der Waals surface area contributed by atoms with E-state index in [-0.39, 0.29) is 24.4 Å². The maximum absolute atomic E-state index is 12.9. The van der Waals surface area contributed by atoms with Crippen molar-refractivity contribution in [1.82, 2.24) is 25.2 Å². The van der Waals surface area contributed by atoms with E-state index in [9.17, 15) is 9.18 Å². The molecule has 3 heterocycles. The molecule has 27 heavy (non-hydrogen) atoms. The van der Waals surface area contributed by atoms with Crippen LogP contribution in [0.4, 0.5) is 4.39 Å². The Bertz CT molecular complexity index is 894. The summed E-state index contributed by atoms with van der Waals surface area (Å²) in [5, 5.41) is 10.6. The van der Waals surface area contributed by atoms with Gasteiger partial charge in [-0.25, -0.2) is 4.39 Å². The molecular formula is C18H18FN5O3. The normalized spacial score (nSPS) is 17.1. The van der Waals surface area contributed by atoms with E-state index in [4.69, 9.17) is 9.26 Å². The molecular weight excluding hydrogens is 353 g/mol. The fraction of sp³-hybridized carbons (Fsp3) is 0.333. The molecule has 1 atom stereocenters. The quantitative estimate of drug-likeness (QED) is 0.741. The molecule has 1 aromatic carbocycles. The van der Waals surface area contributed by atoms with Gasteiger partial charge in [0.15, 0.2) is 12.4 Å². The van der Waals surface area contributed by atoms with Gasteiger partial charge < -0.3 is 14.2 Å². The molecule has 1 aliphatic rings. The third-order valence-corrected chi connectivity index (χ3v) is 4.45. The van der Waals surface area contributed by atoms with Gasteiger partial charge in [-0.1, -0.05) is 5.16 Å². The summed E-state index contributed by atoms with van der Waals surface area (Å²) in [6.45, 7) is 0.693. The monoisotopic (exact) mass is 371 g/mol. The van der Waals surface area contributed by atoms with Crippen LogP contribution < -0.4 is 4.74 Å². The predicted octanol–water partition coefficient (Wildman–Crippen LogP) is 2.88. The summed E-state index contributed by atoms with van der Waals surface area (Å²) in [7, 11) is 0. The van der Waals surface area contributed by atoms with E-state index in [1.165, 1.54) is 24.3 Å². The number of amides is 1. The third kappa shape index (κ3) is 3.81. The van der Waals surface area contributed by atoms with Crippen molar-refractivity contribution < 1.29 is 18.4 Å².